The normalized spacial score (nSPS) is 16.0. The monoisotopic (exact) mass is 383 g/mol. The van der Waals surface area contributed by atoms with E-state index in [0.717, 1.165) is 38.0 Å². The number of rotatable bonds is 9. The van der Waals surface area contributed by atoms with Gasteiger partial charge >= 0.3 is 0 Å². The van der Waals surface area contributed by atoms with Gasteiger partial charge in [0.25, 0.3) is 5.91 Å². The van der Waals surface area contributed by atoms with E-state index in [1.165, 1.54) is 0 Å². The average Bonchev–Trinajstić information content (AvgIpc) is 3.26. The lowest BCUT2D eigenvalue weighted by Gasteiger charge is -2.28. The molecule has 0 radical (unpaired) electrons. The maximum atomic E-state index is 13.2. The highest BCUT2D eigenvalue weighted by Crippen LogP contribution is 2.30. The Balaban J connectivity index is 1.77. The molecule has 1 amide bonds. The number of carbonyl (C=O) groups excluding carboxylic acids is 1. The molecule has 3 rings (SSSR count). The average molecular weight is 383 g/mol. The topological polar surface area (TPSA) is 63.7 Å². The lowest BCUT2D eigenvalue weighted by atomic mass is 10.1. The first-order valence-electron chi connectivity index (χ1n) is 10.0. The van der Waals surface area contributed by atoms with Crippen LogP contribution in [0, 0.1) is 0 Å². The predicted molar refractivity (Wildman–Crippen MR) is 109 cm³/mol. The van der Waals surface area contributed by atoms with Gasteiger partial charge in [0.15, 0.2) is 11.5 Å². The minimum Gasteiger partial charge on any atom is -0.490 e. The molecule has 1 aromatic heterocycles. The Labute approximate surface area is 166 Å². The van der Waals surface area contributed by atoms with E-state index in [0.29, 0.717) is 30.3 Å². The fourth-order valence-electron chi connectivity index (χ4n) is 3.44. The molecule has 0 saturated carbocycles. The first kappa shape index (κ1) is 20.1. The maximum Gasteiger partial charge on any atom is 0.254 e. The van der Waals surface area contributed by atoms with Crippen LogP contribution in [0.5, 0.6) is 11.5 Å². The lowest BCUT2D eigenvalue weighted by Crippen LogP contribution is -2.42. The summed E-state index contributed by atoms with van der Waals surface area (Å²) in [5, 5.41) is 3.35. The van der Waals surface area contributed by atoms with Gasteiger partial charge in [-0.3, -0.25) is 9.78 Å². The van der Waals surface area contributed by atoms with Gasteiger partial charge in [-0.2, -0.15) is 0 Å². The van der Waals surface area contributed by atoms with E-state index < -0.39 is 0 Å². The van der Waals surface area contributed by atoms with Gasteiger partial charge in [-0.25, -0.2) is 0 Å². The molecular formula is C22H29N3O3. The fraction of sp³-hybridized carbons (Fsp3) is 0.455. The highest BCUT2D eigenvalue weighted by atomic mass is 16.5. The van der Waals surface area contributed by atoms with Crippen LogP contribution in [0.3, 0.4) is 0 Å². The molecule has 0 aliphatic carbocycles. The summed E-state index contributed by atoms with van der Waals surface area (Å²) in [6, 6.07) is 9.55. The summed E-state index contributed by atoms with van der Waals surface area (Å²) in [7, 11) is 0. The van der Waals surface area contributed by atoms with E-state index in [9.17, 15) is 4.79 Å². The van der Waals surface area contributed by atoms with E-state index in [1.807, 2.05) is 36.1 Å². The molecule has 1 saturated heterocycles. The highest BCUT2D eigenvalue weighted by molar-refractivity contribution is 5.95. The third kappa shape index (κ3) is 5.01. The summed E-state index contributed by atoms with van der Waals surface area (Å²) >= 11 is 0. The second kappa shape index (κ2) is 10.1. The zero-order valence-corrected chi connectivity index (χ0v) is 16.7. The zero-order chi connectivity index (χ0) is 19.8. The molecule has 150 valence electrons. The predicted octanol–water partition coefficient (Wildman–Crippen LogP) is 3.27. The third-order valence-corrected chi connectivity index (χ3v) is 4.81. The Morgan fingerprint density at radius 3 is 2.82 bits per heavy atom. The number of nitrogens with zero attached hydrogens (tertiary/aromatic N) is 2. The number of hydrogen-bond donors (Lipinski definition) is 1. The molecule has 0 spiro atoms. The smallest absolute Gasteiger partial charge is 0.254 e. The lowest BCUT2D eigenvalue weighted by molar-refractivity contribution is 0.0691. The number of carbonyl (C=O) groups is 1. The van der Waals surface area contributed by atoms with Gasteiger partial charge in [0.05, 0.1) is 6.61 Å². The quantitative estimate of drug-likeness (QED) is 0.720. The van der Waals surface area contributed by atoms with Crippen LogP contribution in [0.25, 0.3) is 0 Å². The summed E-state index contributed by atoms with van der Waals surface area (Å²) < 4.78 is 11.7. The molecule has 2 aromatic rings. The van der Waals surface area contributed by atoms with Gasteiger partial charge < -0.3 is 19.7 Å². The molecule has 1 aromatic carbocycles. The van der Waals surface area contributed by atoms with Crippen molar-refractivity contribution in [1.82, 2.24) is 15.2 Å². The van der Waals surface area contributed by atoms with Crippen molar-refractivity contribution in [3.8, 4) is 11.5 Å². The van der Waals surface area contributed by atoms with Crippen LogP contribution in [-0.2, 0) is 6.61 Å². The minimum atomic E-state index is 0.0512. The van der Waals surface area contributed by atoms with Crippen LogP contribution in [0.15, 0.2) is 42.7 Å². The second-order valence-electron chi connectivity index (χ2n) is 6.89. The summed E-state index contributed by atoms with van der Waals surface area (Å²) in [5.41, 5.74) is 1.62. The zero-order valence-electron chi connectivity index (χ0n) is 16.7. The van der Waals surface area contributed by atoms with Crippen LogP contribution in [-0.4, -0.2) is 48.1 Å². The Kier molecular flexibility index (Phi) is 7.25. The molecule has 2 heterocycles. The molecule has 6 nitrogen and oxygen atoms in total. The van der Waals surface area contributed by atoms with E-state index in [2.05, 4.69) is 17.2 Å². The number of ether oxygens (including phenoxy) is 2. The third-order valence-electron chi connectivity index (χ3n) is 4.81. The van der Waals surface area contributed by atoms with Crippen LogP contribution < -0.4 is 14.8 Å². The second-order valence-corrected chi connectivity index (χ2v) is 6.89. The van der Waals surface area contributed by atoms with Crippen molar-refractivity contribution in [2.75, 3.05) is 26.2 Å². The van der Waals surface area contributed by atoms with Gasteiger partial charge in [0.1, 0.15) is 6.61 Å². The molecule has 1 aliphatic heterocycles. The molecule has 1 fully saturated rings. The van der Waals surface area contributed by atoms with Gasteiger partial charge in [-0.1, -0.05) is 13.0 Å². The van der Waals surface area contributed by atoms with Crippen molar-refractivity contribution in [2.45, 2.75) is 39.3 Å². The Hall–Kier alpha value is -2.60. The summed E-state index contributed by atoms with van der Waals surface area (Å²) in [6.07, 6.45) is 5.44. The van der Waals surface area contributed by atoms with E-state index in [1.54, 1.807) is 18.5 Å². The highest BCUT2D eigenvalue weighted by Gasteiger charge is 2.27. The van der Waals surface area contributed by atoms with Crippen molar-refractivity contribution in [3.63, 3.8) is 0 Å². The minimum absolute atomic E-state index is 0.0512. The summed E-state index contributed by atoms with van der Waals surface area (Å²) in [6.45, 7) is 7.51. The van der Waals surface area contributed by atoms with Crippen molar-refractivity contribution in [2.24, 2.45) is 0 Å². The number of amides is 1. The molecule has 1 N–H and O–H groups in total. The molecule has 0 bridgehead atoms. The number of nitrogens with one attached hydrogen (secondary N) is 1. The number of aromatic nitrogens is 1. The summed E-state index contributed by atoms with van der Waals surface area (Å²) in [4.78, 5) is 19.3. The van der Waals surface area contributed by atoms with Crippen molar-refractivity contribution in [1.29, 1.82) is 0 Å². The standard InChI is InChI=1S/C22H29N3O3/c1-3-12-25(19-9-11-24-15-19)22(26)18-7-8-20(21(13-18)27-4-2)28-16-17-6-5-10-23-14-17/h5-8,10,13-14,19,24H,3-4,9,11-12,15-16H2,1-2H3. The van der Waals surface area contributed by atoms with Gasteiger partial charge in [-0.15, -0.1) is 0 Å². The van der Waals surface area contributed by atoms with Gasteiger partial charge in [-0.05, 0) is 50.6 Å². The summed E-state index contributed by atoms with van der Waals surface area (Å²) in [5.74, 6) is 1.28. The Bertz CT molecular complexity index is 761. The van der Waals surface area contributed by atoms with Crippen LogP contribution >= 0.6 is 0 Å². The van der Waals surface area contributed by atoms with Crippen LogP contribution in [0.2, 0.25) is 0 Å². The van der Waals surface area contributed by atoms with Crippen LogP contribution in [0.1, 0.15) is 42.6 Å². The van der Waals surface area contributed by atoms with E-state index in [4.69, 9.17) is 9.47 Å². The molecule has 6 heteroatoms. The maximum absolute atomic E-state index is 13.2. The first-order chi connectivity index (χ1) is 13.7. The number of hydrogen-bond acceptors (Lipinski definition) is 5. The Morgan fingerprint density at radius 2 is 2.14 bits per heavy atom. The molecule has 1 aliphatic rings. The van der Waals surface area contributed by atoms with E-state index >= 15 is 0 Å². The van der Waals surface area contributed by atoms with Gasteiger partial charge in [0, 0.05) is 42.7 Å². The molecule has 1 atom stereocenters. The van der Waals surface area contributed by atoms with Gasteiger partial charge in [0.2, 0.25) is 0 Å². The van der Waals surface area contributed by atoms with E-state index in [-0.39, 0.29) is 11.9 Å². The van der Waals surface area contributed by atoms with Crippen molar-refractivity contribution >= 4 is 5.91 Å². The SMILES string of the molecule is CCCN(C(=O)c1ccc(OCc2cccnc2)c(OCC)c1)C1CCNC1. The molecule has 28 heavy (non-hydrogen) atoms. The van der Waals surface area contributed by atoms with Crippen LogP contribution in [0.4, 0.5) is 0 Å². The van der Waals surface area contributed by atoms with Crippen molar-refractivity contribution < 1.29 is 14.3 Å². The number of pyridine rings is 1. The molecule has 1 unspecified atom stereocenters. The fourth-order valence-corrected chi connectivity index (χ4v) is 3.44. The van der Waals surface area contributed by atoms with Crippen molar-refractivity contribution in [3.05, 3.63) is 53.9 Å². The Morgan fingerprint density at radius 1 is 1.25 bits per heavy atom. The number of benzene rings is 1. The molecular weight excluding hydrogens is 354 g/mol. The first-order valence-corrected chi connectivity index (χ1v) is 10.0. The largest absolute Gasteiger partial charge is 0.490 e.